The van der Waals surface area contributed by atoms with Crippen molar-refractivity contribution in [3.8, 4) is 12.3 Å². The van der Waals surface area contributed by atoms with Crippen LogP contribution in [0.25, 0.3) is 10.8 Å². The van der Waals surface area contributed by atoms with Crippen LogP contribution in [0, 0.1) is 12.3 Å². The van der Waals surface area contributed by atoms with Gasteiger partial charge in [-0.25, -0.2) is 0 Å². The summed E-state index contributed by atoms with van der Waals surface area (Å²) in [6, 6.07) is 11.9. The topological polar surface area (TPSA) is 26.3 Å². The van der Waals surface area contributed by atoms with Gasteiger partial charge in [0.2, 0.25) is 0 Å². The molecule has 0 aliphatic heterocycles. The first-order chi connectivity index (χ1) is 11.2. The zero-order chi connectivity index (χ0) is 16.7. The van der Waals surface area contributed by atoms with E-state index in [2.05, 4.69) is 12.8 Å². The summed E-state index contributed by atoms with van der Waals surface area (Å²) in [5, 5.41) is 2.17. The molecule has 0 saturated heterocycles. The molecule has 2 aromatic carbocycles. The molecule has 120 valence electrons. The summed E-state index contributed by atoms with van der Waals surface area (Å²) >= 11 is 0. The number of terminal acetylenes is 1. The maximum absolute atomic E-state index is 12.2. The zero-order valence-corrected chi connectivity index (χ0v) is 14.0. The highest BCUT2D eigenvalue weighted by molar-refractivity contribution is 5.86. The molecule has 0 aliphatic carbocycles. The number of hydrogen-bond donors (Lipinski definition) is 0. The van der Waals surface area contributed by atoms with E-state index in [9.17, 15) is 4.79 Å². The first kappa shape index (κ1) is 17.1. The number of carbonyl (C=O) groups is 1. The van der Waals surface area contributed by atoms with E-state index >= 15 is 0 Å². The van der Waals surface area contributed by atoms with Crippen molar-refractivity contribution in [3.05, 3.63) is 47.5 Å². The molecule has 23 heavy (non-hydrogen) atoms. The fourth-order valence-electron chi connectivity index (χ4n) is 2.59. The third-order valence-corrected chi connectivity index (χ3v) is 4.13. The lowest BCUT2D eigenvalue weighted by molar-refractivity contribution is -0.145. The second-order valence-corrected chi connectivity index (χ2v) is 5.92. The quantitative estimate of drug-likeness (QED) is 0.406. The van der Waals surface area contributed by atoms with E-state index in [1.807, 2.05) is 43.3 Å². The minimum atomic E-state index is -0.252. The highest BCUT2D eigenvalue weighted by Crippen LogP contribution is 2.23. The van der Waals surface area contributed by atoms with Crippen LogP contribution in [-0.2, 0) is 9.53 Å². The number of esters is 1. The predicted molar refractivity (Wildman–Crippen MR) is 95.4 cm³/mol. The SMILES string of the molecule is C#Cc1ccc2cc(C(C)C(=O)OCCCCCC)ccc2c1. The van der Waals surface area contributed by atoms with Crippen LogP contribution in [0.1, 0.15) is 56.6 Å². The number of carbonyl (C=O) groups excluding carboxylic acids is 1. The number of ether oxygens (including phenoxy) is 1. The summed E-state index contributed by atoms with van der Waals surface area (Å²) < 4.78 is 5.39. The molecule has 0 aliphatic rings. The molecular weight excluding hydrogens is 284 g/mol. The smallest absolute Gasteiger partial charge is 0.313 e. The van der Waals surface area contributed by atoms with E-state index in [1.54, 1.807) is 0 Å². The second kappa shape index (κ2) is 8.39. The molecule has 0 heterocycles. The Labute approximate surface area is 138 Å². The average molecular weight is 308 g/mol. The van der Waals surface area contributed by atoms with Crippen LogP contribution in [0.2, 0.25) is 0 Å². The standard InChI is InChI=1S/C21H24O2/c1-4-6-7-8-13-23-21(22)16(3)18-11-12-19-14-17(5-2)9-10-20(19)15-18/h2,9-12,14-16H,4,6-8,13H2,1,3H3. The molecule has 2 aromatic rings. The van der Waals surface area contributed by atoms with Crippen LogP contribution in [0.15, 0.2) is 36.4 Å². The van der Waals surface area contributed by atoms with Crippen LogP contribution < -0.4 is 0 Å². The summed E-state index contributed by atoms with van der Waals surface area (Å²) in [5.41, 5.74) is 1.84. The van der Waals surface area contributed by atoms with Crippen molar-refractivity contribution in [1.29, 1.82) is 0 Å². The van der Waals surface area contributed by atoms with Crippen molar-refractivity contribution in [2.75, 3.05) is 6.61 Å². The van der Waals surface area contributed by atoms with Crippen LogP contribution in [0.4, 0.5) is 0 Å². The number of fused-ring (bicyclic) bond motifs is 1. The van der Waals surface area contributed by atoms with Gasteiger partial charge in [-0.3, -0.25) is 4.79 Å². The van der Waals surface area contributed by atoms with Gasteiger partial charge in [-0.2, -0.15) is 0 Å². The molecule has 1 unspecified atom stereocenters. The maximum Gasteiger partial charge on any atom is 0.313 e. The van der Waals surface area contributed by atoms with E-state index in [1.165, 1.54) is 12.8 Å². The van der Waals surface area contributed by atoms with Crippen molar-refractivity contribution in [2.24, 2.45) is 0 Å². The minimum Gasteiger partial charge on any atom is -0.465 e. The molecule has 0 saturated carbocycles. The van der Waals surface area contributed by atoms with Crippen molar-refractivity contribution in [1.82, 2.24) is 0 Å². The molecule has 0 radical (unpaired) electrons. The van der Waals surface area contributed by atoms with Gasteiger partial charge in [-0.1, -0.05) is 56.4 Å². The summed E-state index contributed by atoms with van der Waals surface area (Å²) in [6.07, 6.45) is 9.86. The zero-order valence-electron chi connectivity index (χ0n) is 14.0. The molecule has 0 fully saturated rings. The number of hydrogen-bond acceptors (Lipinski definition) is 2. The highest BCUT2D eigenvalue weighted by Gasteiger charge is 2.17. The highest BCUT2D eigenvalue weighted by atomic mass is 16.5. The first-order valence-electron chi connectivity index (χ1n) is 8.32. The molecule has 0 N–H and O–H groups in total. The molecule has 0 aromatic heterocycles. The Hall–Kier alpha value is -2.27. The fourth-order valence-corrected chi connectivity index (χ4v) is 2.59. The Kier molecular flexibility index (Phi) is 6.23. The largest absolute Gasteiger partial charge is 0.465 e. The summed E-state index contributed by atoms with van der Waals surface area (Å²) in [4.78, 5) is 12.2. The Morgan fingerprint density at radius 1 is 1.13 bits per heavy atom. The van der Waals surface area contributed by atoms with Crippen LogP contribution >= 0.6 is 0 Å². The normalized spacial score (nSPS) is 11.9. The molecule has 0 spiro atoms. The molecule has 1 atom stereocenters. The predicted octanol–water partition coefficient (Wildman–Crippen LogP) is 5.05. The molecule has 2 rings (SSSR count). The maximum atomic E-state index is 12.2. The van der Waals surface area contributed by atoms with Gasteiger partial charge in [0, 0.05) is 5.56 Å². The number of rotatable bonds is 7. The van der Waals surface area contributed by atoms with Crippen molar-refractivity contribution in [2.45, 2.75) is 45.4 Å². The van der Waals surface area contributed by atoms with Gasteiger partial charge in [0.15, 0.2) is 0 Å². The van der Waals surface area contributed by atoms with E-state index in [0.29, 0.717) is 6.61 Å². The van der Waals surface area contributed by atoms with Gasteiger partial charge >= 0.3 is 5.97 Å². The van der Waals surface area contributed by atoms with Gasteiger partial charge in [0.25, 0.3) is 0 Å². The van der Waals surface area contributed by atoms with Crippen LogP contribution in [-0.4, -0.2) is 12.6 Å². The van der Waals surface area contributed by atoms with Gasteiger partial charge in [-0.05, 0) is 41.8 Å². The van der Waals surface area contributed by atoms with Crippen molar-refractivity contribution < 1.29 is 9.53 Å². The Bertz CT molecular complexity index is 709. The fraction of sp³-hybridized carbons (Fsp3) is 0.381. The third-order valence-electron chi connectivity index (χ3n) is 4.13. The average Bonchev–Trinajstić information content (AvgIpc) is 2.59. The Morgan fingerprint density at radius 3 is 2.61 bits per heavy atom. The number of unbranched alkanes of at least 4 members (excludes halogenated alkanes) is 3. The van der Waals surface area contributed by atoms with Crippen LogP contribution in [0.3, 0.4) is 0 Å². The lowest BCUT2D eigenvalue weighted by Gasteiger charge is -2.13. The van der Waals surface area contributed by atoms with E-state index in [0.717, 1.165) is 34.7 Å². The Balaban J connectivity index is 2.01. The summed E-state index contributed by atoms with van der Waals surface area (Å²) in [7, 11) is 0. The third kappa shape index (κ3) is 4.60. The van der Waals surface area contributed by atoms with E-state index in [4.69, 9.17) is 11.2 Å². The van der Waals surface area contributed by atoms with E-state index in [-0.39, 0.29) is 11.9 Å². The van der Waals surface area contributed by atoms with Gasteiger partial charge < -0.3 is 4.74 Å². The molecule has 0 amide bonds. The monoisotopic (exact) mass is 308 g/mol. The van der Waals surface area contributed by atoms with Gasteiger partial charge in [0.05, 0.1) is 12.5 Å². The lowest BCUT2D eigenvalue weighted by Crippen LogP contribution is -2.14. The van der Waals surface area contributed by atoms with Gasteiger partial charge in [-0.15, -0.1) is 6.42 Å². The van der Waals surface area contributed by atoms with Crippen LogP contribution in [0.5, 0.6) is 0 Å². The molecule has 2 heteroatoms. The van der Waals surface area contributed by atoms with Crippen molar-refractivity contribution in [3.63, 3.8) is 0 Å². The summed E-state index contributed by atoms with van der Waals surface area (Å²) in [5.74, 6) is 2.23. The Morgan fingerprint density at radius 2 is 1.87 bits per heavy atom. The first-order valence-corrected chi connectivity index (χ1v) is 8.32. The molecule has 0 bridgehead atoms. The van der Waals surface area contributed by atoms with Crippen molar-refractivity contribution >= 4 is 16.7 Å². The second-order valence-electron chi connectivity index (χ2n) is 5.92. The minimum absolute atomic E-state index is 0.152. The van der Waals surface area contributed by atoms with E-state index < -0.39 is 0 Å². The molecular formula is C21H24O2. The summed E-state index contributed by atoms with van der Waals surface area (Å²) in [6.45, 7) is 4.58. The lowest BCUT2D eigenvalue weighted by atomic mass is 9.97. The number of benzene rings is 2. The molecule has 2 nitrogen and oxygen atoms in total. The van der Waals surface area contributed by atoms with Gasteiger partial charge in [0.1, 0.15) is 0 Å².